The van der Waals surface area contributed by atoms with Crippen LogP contribution in [-0.4, -0.2) is 11.2 Å². The lowest BCUT2D eigenvalue weighted by molar-refractivity contribution is -0.0498. The van der Waals surface area contributed by atoms with Gasteiger partial charge in [0.25, 0.3) is 5.56 Å². The Labute approximate surface area is 174 Å². The van der Waals surface area contributed by atoms with E-state index in [2.05, 4.69) is 4.74 Å². The molecule has 30 heavy (non-hydrogen) atoms. The lowest BCUT2D eigenvalue weighted by Gasteiger charge is -2.10. The average Bonchev–Trinajstić information content (AvgIpc) is 3.00. The van der Waals surface area contributed by atoms with Gasteiger partial charge in [-0.2, -0.15) is 19.3 Å². The topological polar surface area (TPSA) is 78.8 Å². The van der Waals surface area contributed by atoms with Gasteiger partial charge in [0.15, 0.2) is 5.57 Å². The first-order chi connectivity index (χ1) is 14.3. The molecule has 3 rings (SSSR count). The third kappa shape index (κ3) is 4.14. The molecule has 3 aromatic rings. The van der Waals surface area contributed by atoms with Crippen LogP contribution in [-0.2, 0) is 0 Å². The lowest BCUT2D eigenvalue weighted by atomic mass is 10.1. The highest BCUT2D eigenvalue weighted by Gasteiger charge is 2.14. The van der Waals surface area contributed by atoms with Crippen molar-refractivity contribution in [3.05, 3.63) is 78.7 Å². The molecule has 1 heterocycles. The number of benzene rings is 2. The Hall–Kier alpha value is -3.75. The second kappa shape index (κ2) is 8.73. The zero-order chi connectivity index (χ0) is 21.8. The van der Waals surface area contributed by atoms with Gasteiger partial charge in [0, 0.05) is 0 Å². The van der Waals surface area contributed by atoms with Crippen molar-refractivity contribution in [1.82, 2.24) is 4.57 Å². The van der Waals surface area contributed by atoms with Gasteiger partial charge in [-0.25, -0.2) is 0 Å². The minimum absolute atomic E-state index is 0.00606. The van der Waals surface area contributed by atoms with E-state index in [1.165, 1.54) is 16.7 Å². The number of nitriles is 2. The van der Waals surface area contributed by atoms with Crippen LogP contribution in [0, 0.1) is 36.5 Å². The summed E-state index contributed by atoms with van der Waals surface area (Å²) in [6, 6.07) is 15.1. The fraction of sp³-hybridized carbons (Fsp3) is 0.136. The summed E-state index contributed by atoms with van der Waals surface area (Å²) in [5.74, 6) is 0.00606. The molecule has 0 saturated carbocycles. The maximum atomic E-state index is 13.2. The van der Waals surface area contributed by atoms with Gasteiger partial charge in [-0.15, -0.1) is 11.3 Å². The van der Waals surface area contributed by atoms with Crippen molar-refractivity contribution in [2.24, 2.45) is 0 Å². The van der Waals surface area contributed by atoms with Crippen LogP contribution >= 0.6 is 11.3 Å². The summed E-state index contributed by atoms with van der Waals surface area (Å²) in [7, 11) is 0. The van der Waals surface area contributed by atoms with Gasteiger partial charge in [0.1, 0.15) is 22.6 Å². The van der Waals surface area contributed by atoms with Crippen LogP contribution in [0.1, 0.15) is 16.7 Å². The molecule has 1 aromatic heterocycles. The summed E-state index contributed by atoms with van der Waals surface area (Å²) in [5.41, 5.74) is 2.32. The van der Waals surface area contributed by atoms with Crippen LogP contribution in [0.3, 0.4) is 0 Å². The van der Waals surface area contributed by atoms with Crippen molar-refractivity contribution in [3.8, 4) is 23.6 Å². The quantitative estimate of drug-likeness (QED) is 0.646. The van der Waals surface area contributed by atoms with Crippen molar-refractivity contribution >= 4 is 23.0 Å². The number of hydrogen-bond donors (Lipinski definition) is 0. The highest BCUT2D eigenvalue weighted by Crippen LogP contribution is 2.17. The number of para-hydroxylation sites is 1. The Kier molecular flexibility index (Phi) is 6.10. The summed E-state index contributed by atoms with van der Waals surface area (Å²) in [6.07, 6.45) is 1.58. The summed E-state index contributed by atoms with van der Waals surface area (Å²) in [5, 5.41) is 18.8. The highest BCUT2D eigenvalue weighted by molar-refractivity contribution is 7.07. The first-order valence-electron chi connectivity index (χ1n) is 8.75. The van der Waals surface area contributed by atoms with Gasteiger partial charge in [-0.05, 0) is 48.7 Å². The Bertz CT molecular complexity index is 1320. The number of nitrogens with zero attached hydrogens (tertiary/aromatic N) is 3. The zero-order valence-corrected chi connectivity index (χ0v) is 16.8. The Balaban J connectivity index is 2.29. The number of aryl methyl sites for hydroxylation is 2. The van der Waals surface area contributed by atoms with Crippen molar-refractivity contribution in [2.45, 2.75) is 20.5 Å². The standard InChI is InChI=1S/C22H15F2N3O2S/c1-13-4-3-5-14(2)19(13)27-20(28)18(30-21(27)16(11-25)12-26)10-15-6-8-17(9-7-15)29-22(23)24/h3-10,22H,1-2H3. The molecule has 0 spiro atoms. The Morgan fingerprint density at radius 3 is 2.23 bits per heavy atom. The average molecular weight is 423 g/mol. The smallest absolute Gasteiger partial charge is 0.387 e. The van der Waals surface area contributed by atoms with Gasteiger partial charge >= 0.3 is 6.61 Å². The fourth-order valence-electron chi connectivity index (χ4n) is 3.03. The number of ether oxygens (including phenoxy) is 1. The number of thiazole rings is 1. The minimum atomic E-state index is -2.92. The molecule has 8 heteroatoms. The van der Waals surface area contributed by atoms with E-state index < -0.39 is 6.61 Å². The Morgan fingerprint density at radius 2 is 1.70 bits per heavy atom. The molecular weight excluding hydrogens is 408 g/mol. The van der Waals surface area contributed by atoms with Crippen LogP contribution in [0.15, 0.2) is 47.3 Å². The van der Waals surface area contributed by atoms with Crippen molar-refractivity contribution in [2.75, 3.05) is 0 Å². The third-order valence-electron chi connectivity index (χ3n) is 4.33. The third-order valence-corrected chi connectivity index (χ3v) is 5.42. The van der Waals surface area contributed by atoms with Gasteiger partial charge in [-0.3, -0.25) is 9.36 Å². The highest BCUT2D eigenvalue weighted by atomic mass is 32.1. The Morgan fingerprint density at radius 1 is 1.10 bits per heavy atom. The monoisotopic (exact) mass is 423 g/mol. The summed E-state index contributed by atoms with van der Waals surface area (Å²) in [4.78, 5) is 13.2. The minimum Gasteiger partial charge on any atom is -0.435 e. The van der Waals surface area contributed by atoms with E-state index in [4.69, 9.17) is 0 Å². The molecule has 0 aliphatic heterocycles. The molecule has 0 atom stereocenters. The number of alkyl halides is 2. The van der Waals surface area contributed by atoms with E-state index in [0.29, 0.717) is 15.8 Å². The molecule has 0 bridgehead atoms. The largest absolute Gasteiger partial charge is 0.435 e. The van der Waals surface area contributed by atoms with Gasteiger partial charge in [0.05, 0.1) is 10.2 Å². The van der Waals surface area contributed by atoms with Crippen LogP contribution in [0.25, 0.3) is 17.3 Å². The molecule has 0 fully saturated rings. The number of rotatable bonds is 4. The SMILES string of the molecule is Cc1cccc(C)c1-n1c(=C(C#N)C#N)sc(=Cc2ccc(OC(F)F)cc2)c1=O. The van der Waals surface area contributed by atoms with Crippen molar-refractivity contribution in [3.63, 3.8) is 0 Å². The molecule has 0 aliphatic rings. The molecule has 2 aromatic carbocycles. The van der Waals surface area contributed by atoms with Gasteiger partial charge in [-0.1, -0.05) is 30.3 Å². The molecule has 0 aliphatic carbocycles. The van der Waals surface area contributed by atoms with E-state index in [-0.39, 0.29) is 21.5 Å². The summed E-state index contributed by atoms with van der Waals surface area (Å²) in [6.45, 7) is 0.773. The van der Waals surface area contributed by atoms with Crippen LogP contribution < -0.4 is 19.5 Å². The molecule has 0 amide bonds. The number of aromatic nitrogens is 1. The van der Waals surface area contributed by atoms with Crippen molar-refractivity contribution in [1.29, 1.82) is 10.5 Å². The molecule has 0 unspecified atom stereocenters. The summed E-state index contributed by atoms with van der Waals surface area (Å²) >= 11 is 1.03. The van der Waals surface area contributed by atoms with Gasteiger partial charge in [0.2, 0.25) is 0 Å². The van der Waals surface area contributed by atoms with E-state index >= 15 is 0 Å². The lowest BCUT2D eigenvalue weighted by Crippen LogP contribution is -2.31. The molecular formula is C22H15F2N3O2S. The zero-order valence-electron chi connectivity index (χ0n) is 16.0. The molecule has 0 N–H and O–H groups in total. The first kappa shape index (κ1) is 21.0. The molecule has 150 valence electrons. The molecule has 5 nitrogen and oxygen atoms in total. The predicted octanol–water partition coefficient (Wildman–Crippen LogP) is 3.14. The van der Waals surface area contributed by atoms with E-state index in [1.54, 1.807) is 18.2 Å². The normalized spacial score (nSPS) is 11.2. The van der Waals surface area contributed by atoms with Crippen molar-refractivity contribution < 1.29 is 13.5 Å². The predicted molar refractivity (Wildman–Crippen MR) is 110 cm³/mol. The molecule has 0 radical (unpaired) electrons. The van der Waals surface area contributed by atoms with E-state index in [0.717, 1.165) is 22.5 Å². The second-order valence-corrected chi connectivity index (χ2v) is 7.37. The van der Waals surface area contributed by atoms with Crippen LogP contribution in [0.5, 0.6) is 5.75 Å². The van der Waals surface area contributed by atoms with Crippen LogP contribution in [0.2, 0.25) is 0 Å². The van der Waals surface area contributed by atoms with Gasteiger partial charge < -0.3 is 4.74 Å². The van der Waals surface area contributed by atoms with E-state index in [9.17, 15) is 24.1 Å². The first-order valence-corrected chi connectivity index (χ1v) is 9.57. The molecule has 0 saturated heterocycles. The van der Waals surface area contributed by atoms with Crippen LogP contribution in [0.4, 0.5) is 8.78 Å². The maximum absolute atomic E-state index is 13.2. The number of halogens is 2. The second-order valence-electron chi connectivity index (χ2n) is 6.34. The fourth-order valence-corrected chi connectivity index (χ4v) is 4.07. The van der Waals surface area contributed by atoms with E-state index in [1.807, 2.05) is 44.2 Å². The maximum Gasteiger partial charge on any atom is 0.387 e. The summed E-state index contributed by atoms with van der Waals surface area (Å²) < 4.78 is 30.9. The number of hydrogen-bond acceptors (Lipinski definition) is 5.